The van der Waals surface area contributed by atoms with Crippen LogP contribution in [0.5, 0.6) is 0 Å². The SMILES string of the molecule is CC1C(=O)N([C@H](CO)CCN2CCCCC2)CCN1C(=O)OC(C)(C)C. The predicted molar refractivity (Wildman–Crippen MR) is 99.9 cm³/mol. The summed E-state index contributed by atoms with van der Waals surface area (Å²) in [5.74, 6) is -0.111. The van der Waals surface area contributed by atoms with E-state index in [2.05, 4.69) is 4.90 Å². The van der Waals surface area contributed by atoms with Gasteiger partial charge < -0.3 is 19.6 Å². The summed E-state index contributed by atoms with van der Waals surface area (Å²) in [6, 6.07) is -0.754. The van der Waals surface area contributed by atoms with Crippen molar-refractivity contribution in [1.82, 2.24) is 14.7 Å². The monoisotopic (exact) mass is 369 g/mol. The molecule has 26 heavy (non-hydrogen) atoms. The summed E-state index contributed by atoms with van der Waals surface area (Å²) in [7, 11) is 0. The number of rotatable bonds is 5. The number of amides is 2. The number of piperazine rings is 1. The second-order valence-electron chi connectivity index (χ2n) is 8.41. The number of hydrogen-bond acceptors (Lipinski definition) is 5. The molecule has 2 rings (SSSR count). The van der Waals surface area contributed by atoms with Crippen LogP contribution in [0.2, 0.25) is 0 Å². The van der Waals surface area contributed by atoms with E-state index in [0.29, 0.717) is 13.1 Å². The Kier molecular flexibility index (Phi) is 7.29. The van der Waals surface area contributed by atoms with E-state index >= 15 is 0 Å². The lowest BCUT2D eigenvalue weighted by atomic mass is 10.1. The van der Waals surface area contributed by atoms with Crippen molar-refractivity contribution in [2.24, 2.45) is 0 Å². The number of aliphatic hydroxyl groups excluding tert-OH is 1. The molecular weight excluding hydrogens is 334 g/mol. The molecule has 0 spiro atoms. The fourth-order valence-electron chi connectivity index (χ4n) is 3.69. The van der Waals surface area contributed by atoms with Crippen molar-refractivity contribution in [3.63, 3.8) is 0 Å². The highest BCUT2D eigenvalue weighted by atomic mass is 16.6. The summed E-state index contributed by atoms with van der Waals surface area (Å²) < 4.78 is 5.41. The second kappa shape index (κ2) is 9.04. The number of piperidine rings is 1. The van der Waals surface area contributed by atoms with Gasteiger partial charge in [-0.05, 0) is 60.0 Å². The molecule has 0 aliphatic carbocycles. The van der Waals surface area contributed by atoms with Crippen LogP contribution in [0.4, 0.5) is 4.79 Å². The second-order valence-corrected chi connectivity index (χ2v) is 8.41. The van der Waals surface area contributed by atoms with Crippen LogP contribution in [0, 0.1) is 0 Å². The number of ether oxygens (including phenoxy) is 1. The summed E-state index contributed by atoms with van der Waals surface area (Å²) in [6.07, 6.45) is 4.07. The van der Waals surface area contributed by atoms with Crippen molar-refractivity contribution in [2.75, 3.05) is 39.3 Å². The molecule has 1 unspecified atom stereocenters. The quantitative estimate of drug-likeness (QED) is 0.798. The van der Waals surface area contributed by atoms with Crippen molar-refractivity contribution in [1.29, 1.82) is 0 Å². The van der Waals surface area contributed by atoms with E-state index < -0.39 is 17.7 Å². The van der Waals surface area contributed by atoms with Crippen molar-refractivity contribution in [2.45, 2.75) is 71.1 Å². The van der Waals surface area contributed by atoms with Crippen LogP contribution >= 0.6 is 0 Å². The van der Waals surface area contributed by atoms with Gasteiger partial charge in [0.1, 0.15) is 11.6 Å². The predicted octanol–water partition coefficient (Wildman–Crippen LogP) is 1.69. The molecule has 0 bridgehead atoms. The number of carbonyl (C=O) groups is 2. The Morgan fingerprint density at radius 2 is 1.85 bits per heavy atom. The Labute approximate surface area is 157 Å². The molecule has 2 atom stereocenters. The maximum atomic E-state index is 12.8. The molecule has 2 amide bonds. The topological polar surface area (TPSA) is 73.3 Å². The number of likely N-dealkylation sites (tertiary alicyclic amines) is 1. The van der Waals surface area contributed by atoms with Crippen molar-refractivity contribution in [3.8, 4) is 0 Å². The first-order valence-electron chi connectivity index (χ1n) is 9.86. The highest BCUT2D eigenvalue weighted by molar-refractivity contribution is 5.86. The van der Waals surface area contributed by atoms with Crippen LogP contribution in [-0.4, -0.2) is 88.8 Å². The van der Waals surface area contributed by atoms with Gasteiger partial charge >= 0.3 is 6.09 Å². The van der Waals surface area contributed by atoms with E-state index in [0.717, 1.165) is 26.1 Å². The van der Waals surface area contributed by atoms with Crippen molar-refractivity contribution < 1.29 is 19.4 Å². The lowest BCUT2D eigenvalue weighted by Crippen LogP contribution is -2.61. The van der Waals surface area contributed by atoms with Crippen LogP contribution < -0.4 is 0 Å². The first kappa shape index (κ1) is 21.0. The molecule has 7 nitrogen and oxygen atoms in total. The number of aliphatic hydroxyl groups is 1. The van der Waals surface area contributed by atoms with Gasteiger partial charge in [-0.1, -0.05) is 6.42 Å². The third kappa shape index (κ3) is 5.58. The molecule has 0 aromatic carbocycles. The molecule has 0 saturated carbocycles. The zero-order chi connectivity index (χ0) is 19.3. The first-order chi connectivity index (χ1) is 12.2. The molecule has 7 heteroatoms. The zero-order valence-corrected chi connectivity index (χ0v) is 16.7. The summed E-state index contributed by atoms with van der Waals surface area (Å²) in [5, 5.41) is 9.82. The fourth-order valence-corrected chi connectivity index (χ4v) is 3.69. The normalized spacial score (nSPS) is 23.9. The van der Waals surface area contributed by atoms with Crippen LogP contribution in [0.3, 0.4) is 0 Å². The minimum absolute atomic E-state index is 0.0429. The van der Waals surface area contributed by atoms with E-state index in [1.807, 2.05) is 20.8 Å². The Balaban J connectivity index is 1.91. The minimum Gasteiger partial charge on any atom is -0.444 e. The van der Waals surface area contributed by atoms with E-state index in [1.54, 1.807) is 11.8 Å². The third-order valence-electron chi connectivity index (χ3n) is 5.20. The average Bonchev–Trinajstić information content (AvgIpc) is 2.58. The summed E-state index contributed by atoms with van der Waals surface area (Å²) >= 11 is 0. The van der Waals surface area contributed by atoms with Gasteiger partial charge in [-0.25, -0.2) is 4.79 Å². The van der Waals surface area contributed by atoms with Gasteiger partial charge in [-0.3, -0.25) is 9.69 Å². The number of carbonyl (C=O) groups excluding carboxylic acids is 2. The Hall–Kier alpha value is -1.34. The van der Waals surface area contributed by atoms with Crippen LogP contribution in [0.1, 0.15) is 53.4 Å². The van der Waals surface area contributed by atoms with Gasteiger partial charge in [0.05, 0.1) is 12.6 Å². The van der Waals surface area contributed by atoms with Crippen molar-refractivity contribution >= 4 is 12.0 Å². The van der Waals surface area contributed by atoms with E-state index in [9.17, 15) is 14.7 Å². The molecule has 0 radical (unpaired) electrons. The van der Waals surface area contributed by atoms with Gasteiger partial charge in [0, 0.05) is 19.6 Å². The Bertz CT molecular complexity index is 486. The largest absolute Gasteiger partial charge is 0.444 e. The first-order valence-corrected chi connectivity index (χ1v) is 9.86. The fraction of sp³-hybridized carbons (Fsp3) is 0.895. The smallest absolute Gasteiger partial charge is 0.411 e. The molecular formula is C19H35N3O4. The van der Waals surface area contributed by atoms with Gasteiger partial charge in [0.2, 0.25) is 5.91 Å². The zero-order valence-electron chi connectivity index (χ0n) is 16.7. The molecule has 150 valence electrons. The molecule has 2 saturated heterocycles. The van der Waals surface area contributed by atoms with E-state index in [4.69, 9.17) is 4.74 Å². The van der Waals surface area contributed by atoms with Crippen LogP contribution in [-0.2, 0) is 9.53 Å². The minimum atomic E-state index is -0.584. The summed E-state index contributed by atoms with van der Waals surface area (Å²) in [6.45, 7) is 11.1. The molecule has 0 aromatic rings. The number of hydrogen-bond donors (Lipinski definition) is 1. The Morgan fingerprint density at radius 3 is 2.42 bits per heavy atom. The third-order valence-corrected chi connectivity index (χ3v) is 5.20. The van der Waals surface area contributed by atoms with Gasteiger partial charge in [0.25, 0.3) is 0 Å². The number of nitrogens with zero attached hydrogens (tertiary/aromatic N) is 3. The van der Waals surface area contributed by atoms with E-state index in [1.165, 1.54) is 24.2 Å². The average molecular weight is 370 g/mol. The molecule has 2 heterocycles. The maximum Gasteiger partial charge on any atom is 0.411 e. The standard InChI is InChI=1S/C19H35N3O4/c1-15-17(24)22(13-12-21(15)18(25)26-19(2,3)4)16(14-23)8-11-20-9-6-5-7-10-20/h15-16,23H,5-14H2,1-4H3/t15?,16-/m0/s1. The lowest BCUT2D eigenvalue weighted by molar-refractivity contribution is -0.144. The van der Waals surface area contributed by atoms with Gasteiger partial charge in [-0.2, -0.15) is 0 Å². The molecule has 2 aliphatic heterocycles. The molecule has 1 N–H and O–H groups in total. The summed E-state index contributed by atoms with van der Waals surface area (Å²) in [5.41, 5.74) is -0.584. The molecule has 2 fully saturated rings. The van der Waals surface area contributed by atoms with Crippen LogP contribution in [0.15, 0.2) is 0 Å². The highest BCUT2D eigenvalue weighted by Crippen LogP contribution is 2.20. The Morgan fingerprint density at radius 1 is 1.19 bits per heavy atom. The summed E-state index contributed by atoms with van der Waals surface area (Å²) in [4.78, 5) is 30.8. The van der Waals surface area contributed by atoms with Gasteiger partial charge in [-0.15, -0.1) is 0 Å². The highest BCUT2D eigenvalue weighted by Gasteiger charge is 2.38. The molecule has 0 aromatic heterocycles. The molecule has 2 aliphatic rings. The van der Waals surface area contributed by atoms with Crippen molar-refractivity contribution in [3.05, 3.63) is 0 Å². The van der Waals surface area contributed by atoms with E-state index in [-0.39, 0.29) is 18.6 Å². The maximum absolute atomic E-state index is 12.8. The van der Waals surface area contributed by atoms with Crippen LogP contribution in [0.25, 0.3) is 0 Å². The lowest BCUT2D eigenvalue weighted by Gasteiger charge is -2.42. The van der Waals surface area contributed by atoms with Gasteiger partial charge in [0.15, 0.2) is 0 Å².